The first-order valence-electron chi connectivity index (χ1n) is 6.44. The Hall–Kier alpha value is -1.89. The molecule has 2 heterocycles. The van der Waals surface area contributed by atoms with Gasteiger partial charge in [-0.25, -0.2) is 9.36 Å². The van der Waals surface area contributed by atoms with Crippen molar-refractivity contribution in [2.75, 3.05) is 0 Å². The average Bonchev–Trinajstić information content (AvgIpc) is 2.78. The Labute approximate surface area is 119 Å². The van der Waals surface area contributed by atoms with Crippen LogP contribution in [0, 0.1) is 0 Å². The van der Waals surface area contributed by atoms with Crippen LogP contribution in [0.5, 0.6) is 0 Å². The number of aromatic amines is 1. The summed E-state index contributed by atoms with van der Waals surface area (Å²) in [6.07, 6.45) is 0.297. The lowest BCUT2D eigenvalue weighted by atomic mass is 10.1. The molecule has 2 aromatic rings. The van der Waals surface area contributed by atoms with Crippen LogP contribution in [0.2, 0.25) is 0 Å². The molecule has 6 nitrogen and oxygen atoms in total. The van der Waals surface area contributed by atoms with Gasteiger partial charge in [-0.05, 0) is 18.4 Å². The minimum Gasteiger partial charge on any atom is -0.368 e. The van der Waals surface area contributed by atoms with Crippen LogP contribution in [0.3, 0.4) is 0 Å². The van der Waals surface area contributed by atoms with Crippen molar-refractivity contribution in [3.63, 3.8) is 0 Å². The van der Waals surface area contributed by atoms with Gasteiger partial charge in [-0.1, -0.05) is 20.8 Å². The van der Waals surface area contributed by atoms with Crippen molar-refractivity contribution >= 4 is 27.5 Å². The number of amides is 1. The number of fused-ring (bicyclic) bond motifs is 1. The van der Waals surface area contributed by atoms with E-state index in [0.717, 1.165) is 9.44 Å². The van der Waals surface area contributed by atoms with Gasteiger partial charge >= 0.3 is 5.69 Å². The van der Waals surface area contributed by atoms with Crippen molar-refractivity contribution in [1.29, 1.82) is 0 Å². The molecule has 1 amide bonds. The Morgan fingerprint density at radius 3 is 2.60 bits per heavy atom. The molecule has 0 aliphatic rings. The van der Waals surface area contributed by atoms with Gasteiger partial charge in [0.05, 0.1) is 5.39 Å². The van der Waals surface area contributed by atoms with E-state index in [1.54, 1.807) is 13.0 Å². The van der Waals surface area contributed by atoms with Gasteiger partial charge in [0, 0.05) is 4.88 Å². The number of nitrogens with one attached hydrogen (secondary N) is 1. The normalized spacial score (nSPS) is 13.0. The average molecular weight is 295 g/mol. The molecule has 0 saturated carbocycles. The minimum absolute atomic E-state index is 0.266. The third-order valence-electron chi connectivity index (χ3n) is 3.24. The highest BCUT2D eigenvalue weighted by Gasteiger charge is 2.22. The fourth-order valence-electron chi connectivity index (χ4n) is 2.12. The zero-order valence-corrected chi connectivity index (χ0v) is 12.4. The second kappa shape index (κ2) is 5.24. The van der Waals surface area contributed by atoms with E-state index in [0.29, 0.717) is 16.6 Å². The Morgan fingerprint density at radius 1 is 1.45 bits per heavy atom. The van der Waals surface area contributed by atoms with Crippen LogP contribution >= 0.6 is 11.3 Å². The third kappa shape index (κ3) is 2.29. The summed E-state index contributed by atoms with van der Waals surface area (Å²) < 4.78 is 0.918. The molecule has 3 N–H and O–H groups in total. The lowest BCUT2D eigenvalue weighted by Crippen LogP contribution is -2.42. The standard InChI is InChI=1S/C13H17N3O3S/c1-4-8(10(14)17)16-12(18)7-5-9(6(2)3)20-11(7)15-13(16)19/h5-6,8H,4H2,1-3H3,(H2,14,17)(H,15,19). The van der Waals surface area contributed by atoms with Crippen LogP contribution in [-0.4, -0.2) is 15.5 Å². The predicted octanol–water partition coefficient (Wildman–Crippen LogP) is 1.31. The van der Waals surface area contributed by atoms with Gasteiger partial charge in [-0.15, -0.1) is 11.3 Å². The molecule has 1 atom stereocenters. The number of nitrogens with zero attached hydrogens (tertiary/aromatic N) is 1. The summed E-state index contributed by atoms with van der Waals surface area (Å²) in [5.74, 6) is -0.416. The van der Waals surface area contributed by atoms with E-state index in [9.17, 15) is 14.4 Å². The highest BCUT2D eigenvalue weighted by atomic mass is 32.1. The first-order chi connectivity index (χ1) is 9.36. The molecule has 2 rings (SSSR count). The molecule has 0 aliphatic heterocycles. The molecule has 7 heteroatoms. The molecule has 0 saturated heterocycles. The van der Waals surface area contributed by atoms with Gasteiger partial charge in [0.1, 0.15) is 10.9 Å². The molecule has 0 radical (unpaired) electrons. The largest absolute Gasteiger partial charge is 0.368 e. The molecular formula is C13H17N3O3S. The molecule has 20 heavy (non-hydrogen) atoms. The number of rotatable bonds is 4. The Bertz CT molecular complexity index is 769. The molecule has 2 aromatic heterocycles. The number of carbonyl (C=O) groups excluding carboxylic acids is 1. The number of hydrogen-bond donors (Lipinski definition) is 2. The summed E-state index contributed by atoms with van der Waals surface area (Å²) >= 11 is 1.39. The number of aromatic nitrogens is 2. The molecule has 0 spiro atoms. The molecule has 0 aromatic carbocycles. The van der Waals surface area contributed by atoms with Gasteiger partial charge in [0.25, 0.3) is 5.56 Å². The summed E-state index contributed by atoms with van der Waals surface area (Å²) in [6, 6.07) is 0.853. The van der Waals surface area contributed by atoms with Crippen molar-refractivity contribution in [1.82, 2.24) is 9.55 Å². The quantitative estimate of drug-likeness (QED) is 0.889. The van der Waals surface area contributed by atoms with Crippen LogP contribution < -0.4 is 17.0 Å². The maximum atomic E-state index is 12.4. The molecular weight excluding hydrogens is 278 g/mol. The van der Waals surface area contributed by atoms with Crippen LogP contribution in [0.15, 0.2) is 15.7 Å². The summed E-state index contributed by atoms with van der Waals surface area (Å²) in [5.41, 5.74) is 4.21. The van der Waals surface area contributed by atoms with E-state index in [2.05, 4.69) is 4.98 Å². The smallest absolute Gasteiger partial charge is 0.330 e. The summed E-state index contributed by atoms with van der Waals surface area (Å²) in [7, 11) is 0. The topological polar surface area (TPSA) is 97.9 Å². The number of thiophene rings is 1. The van der Waals surface area contributed by atoms with E-state index < -0.39 is 23.2 Å². The van der Waals surface area contributed by atoms with Crippen LogP contribution in [0.25, 0.3) is 10.2 Å². The SMILES string of the molecule is CCC(C(N)=O)n1c(=O)[nH]c2sc(C(C)C)cc2c1=O. The Kier molecular flexibility index (Phi) is 3.80. The lowest BCUT2D eigenvalue weighted by molar-refractivity contribution is -0.121. The van der Waals surface area contributed by atoms with Crippen molar-refractivity contribution in [3.8, 4) is 0 Å². The van der Waals surface area contributed by atoms with E-state index >= 15 is 0 Å². The second-order valence-corrected chi connectivity index (χ2v) is 6.06. The monoisotopic (exact) mass is 295 g/mol. The number of hydrogen-bond acceptors (Lipinski definition) is 4. The number of nitrogens with two attached hydrogens (primary N) is 1. The number of primary amides is 1. The maximum Gasteiger partial charge on any atom is 0.330 e. The van der Waals surface area contributed by atoms with Gasteiger partial charge in [-0.2, -0.15) is 0 Å². The fraction of sp³-hybridized carbons (Fsp3) is 0.462. The van der Waals surface area contributed by atoms with Gasteiger partial charge < -0.3 is 5.73 Å². The maximum absolute atomic E-state index is 12.4. The predicted molar refractivity (Wildman–Crippen MR) is 79.3 cm³/mol. The van der Waals surface area contributed by atoms with Gasteiger partial charge in [0.15, 0.2) is 0 Å². The van der Waals surface area contributed by atoms with Crippen molar-refractivity contribution in [3.05, 3.63) is 31.8 Å². The molecule has 108 valence electrons. The molecule has 1 unspecified atom stereocenters. The van der Waals surface area contributed by atoms with Crippen molar-refractivity contribution < 1.29 is 4.79 Å². The number of carbonyl (C=O) groups is 1. The zero-order chi connectivity index (χ0) is 15.0. The minimum atomic E-state index is -0.918. The highest BCUT2D eigenvalue weighted by molar-refractivity contribution is 7.18. The fourth-order valence-corrected chi connectivity index (χ4v) is 3.16. The second-order valence-electron chi connectivity index (χ2n) is 4.98. The molecule has 0 bridgehead atoms. The molecule has 0 aliphatic carbocycles. The van der Waals surface area contributed by atoms with Crippen LogP contribution in [0.1, 0.15) is 44.0 Å². The lowest BCUT2D eigenvalue weighted by Gasteiger charge is -2.12. The zero-order valence-electron chi connectivity index (χ0n) is 11.6. The van der Waals surface area contributed by atoms with Gasteiger partial charge in [-0.3, -0.25) is 14.6 Å². The summed E-state index contributed by atoms with van der Waals surface area (Å²) in [4.78, 5) is 40.1. The molecule has 0 fully saturated rings. The van der Waals surface area contributed by atoms with Crippen LogP contribution in [0.4, 0.5) is 0 Å². The Balaban J connectivity index is 2.78. The van der Waals surface area contributed by atoms with Crippen molar-refractivity contribution in [2.24, 2.45) is 5.73 Å². The summed E-state index contributed by atoms with van der Waals surface area (Å²) in [5, 5.41) is 0.429. The third-order valence-corrected chi connectivity index (χ3v) is 4.59. The summed E-state index contributed by atoms with van der Waals surface area (Å²) in [6.45, 7) is 5.73. The van der Waals surface area contributed by atoms with E-state index in [4.69, 9.17) is 5.73 Å². The first-order valence-corrected chi connectivity index (χ1v) is 7.26. The van der Waals surface area contributed by atoms with E-state index in [1.807, 2.05) is 13.8 Å². The highest BCUT2D eigenvalue weighted by Crippen LogP contribution is 2.27. The first kappa shape index (κ1) is 14.5. The Morgan fingerprint density at radius 2 is 2.10 bits per heavy atom. The van der Waals surface area contributed by atoms with Crippen LogP contribution in [-0.2, 0) is 4.79 Å². The van der Waals surface area contributed by atoms with Gasteiger partial charge in [0.2, 0.25) is 5.91 Å². The van der Waals surface area contributed by atoms with Crippen molar-refractivity contribution in [2.45, 2.75) is 39.2 Å². The van der Waals surface area contributed by atoms with E-state index in [1.165, 1.54) is 11.3 Å². The number of H-pyrrole nitrogens is 1. The van der Waals surface area contributed by atoms with E-state index in [-0.39, 0.29) is 5.92 Å².